The second-order valence-electron chi connectivity index (χ2n) is 7.13. The maximum Gasteiger partial charge on any atom is 0.252 e. The lowest BCUT2D eigenvalue weighted by Gasteiger charge is -2.27. The van der Waals surface area contributed by atoms with Gasteiger partial charge in [-0.25, -0.2) is 4.98 Å². The average molecular weight is 327 g/mol. The Labute approximate surface area is 142 Å². The van der Waals surface area contributed by atoms with E-state index in [-0.39, 0.29) is 18.1 Å². The molecule has 2 atom stereocenters. The molecule has 24 heavy (non-hydrogen) atoms. The van der Waals surface area contributed by atoms with Crippen molar-refractivity contribution in [1.29, 1.82) is 0 Å². The van der Waals surface area contributed by atoms with Crippen LogP contribution in [0.15, 0.2) is 24.3 Å². The number of fused-ring (bicyclic) bond motifs is 1. The molecule has 2 fully saturated rings. The smallest absolute Gasteiger partial charge is 0.252 e. The van der Waals surface area contributed by atoms with Gasteiger partial charge in [-0.3, -0.25) is 4.79 Å². The highest BCUT2D eigenvalue weighted by molar-refractivity contribution is 5.81. The molecule has 0 radical (unpaired) electrons. The first-order valence-electron chi connectivity index (χ1n) is 8.98. The SMILES string of the molecule is CC(OCC1CC1)C(=O)N1CCCC1c1nc2ccccc2n1C. The van der Waals surface area contributed by atoms with Crippen molar-refractivity contribution >= 4 is 16.9 Å². The van der Waals surface area contributed by atoms with Gasteiger partial charge in [-0.15, -0.1) is 0 Å². The fourth-order valence-corrected chi connectivity index (χ4v) is 3.63. The number of aryl methyl sites for hydroxylation is 1. The topological polar surface area (TPSA) is 47.4 Å². The normalized spacial score (nSPS) is 22.2. The minimum absolute atomic E-state index is 0.0573. The first kappa shape index (κ1) is 15.6. The van der Waals surface area contributed by atoms with Gasteiger partial charge >= 0.3 is 0 Å². The monoisotopic (exact) mass is 327 g/mol. The summed E-state index contributed by atoms with van der Waals surface area (Å²) in [5.74, 6) is 1.76. The number of likely N-dealkylation sites (tertiary alicyclic amines) is 1. The van der Waals surface area contributed by atoms with E-state index in [2.05, 4.69) is 10.6 Å². The summed E-state index contributed by atoms with van der Waals surface area (Å²) in [6.07, 6.45) is 4.12. The van der Waals surface area contributed by atoms with Crippen LogP contribution in [0.3, 0.4) is 0 Å². The number of carbonyl (C=O) groups is 1. The zero-order valence-electron chi connectivity index (χ0n) is 14.4. The lowest BCUT2D eigenvalue weighted by molar-refractivity contribution is -0.144. The van der Waals surface area contributed by atoms with E-state index in [0.29, 0.717) is 5.92 Å². The van der Waals surface area contributed by atoms with Crippen LogP contribution in [0.2, 0.25) is 0 Å². The van der Waals surface area contributed by atoms with Gasteiger partial charge in [0.25, 0.3) is 5.91 Å². The van der Waals surface area contributed by atoms with Crippen LogP contribution >= 0.6 is 0 Å². The minimum atomic E-state index is -0.360. The van der Waals surface area contributed by atoms with Crippen molar-refractivity contribution in [1.82, 2.24) is 14.5 Å². The Balaban J connectivity index is 1.54. The fraction of sp³-hybridized carbons (Fsp3) is 0.579. The summed E-state index contributed by atoms with van der Waals surface area (Å²) in [7, 11) is 2.04. The number of imidazole rings is 1. The molecule has 4 rings (SSSR count). The van der Waals surface area contributed by atoms with E-state index < -0.39 is 0 Å². The molecule has 0 N–H and O–H groups in total. The summed E-state index contributed by atoms with van der Waals surface area (Å²) >= 11 is 0. The lowest BCUT2D eigenvalue weighted by atomic mass is 10.2. The Morgan fingerprint density at radius 3 is 2.88 bits per heavy atom. The van der Waals surface area contributed by atoms with Gasteiger partial charge in [0.05, 0.1) is 23.7 Å². The molecule has 1 aliphatic carbocycles. The third-order valence-corrected chi connectivity index (χ3v) is 5.28. The number of hydrogen-bond donors (Lipinski definition) is 0. The van der Waals surface area contributed by atoms with Gasteiger partial charge < -0.3 is 14.2 Å². The van der Waals surface area contributed by atoms with E-state index >= 15 is 0 Å². The van der Waals surface area contributed by atoms with Crippen LogP contribution in [-0.2, 0) is 16.6 Å². The number of ether oxygens (including phenoxy) is 1. The van der Waals surface area contributed by atoms with Gasteiger partial charge in [0, 0.05) is 13.6 Å². The maximum absolute atomic E-state index is 12.9. The van der Waals surface area contributed by atoms with Crippen molar-refractivity contribution in [3.8, 4) is 0 Å². The second kappa shape index (κ2) is 6.20. The van der Waals surface area contributed by atoms with Crippen molar-refractivity contribution < 1.29 is 9.53 Å². The number of nitrogens with zero attached hydrogens (tertiary/aromatic N) is 3. The van der Waals surface area contributed by atoms with Crippen LogP contribution in [0.25, 0.3) is 11.0 Å². The number of benzene rings is 1. The summed E-state index contributed by atoms with van der Waals surface area (Å²) in [4.78, 5) is 19.6. The third kappa shape index (κ3) is 2.81. The Morgan fingerprint density at radius 1 is 1.33 bits per heavy atom. The van der Waals surface area contributed by atoms with Crippen LogP contribution in [0.4, 0.5) is 0 Å². The van der Waals surface area contributed by atoms with E-state index in [9.17, 15) is 4.79 Å². The zero-order chi connectivity index (χ0) is 16.7. The summed E-state index contributed by atoms with van der Waals surface area (Å²) in [5.41, 5.74) is 2.11. The number of carbonyl (C=O) groups excluding carboxylic acids is 1. The van der Waals surface area contributed by atoms with Gasteiger partial charge in [0.2, 0.25) is 0 Å². The highest BCUT2D eigenvalue weighted by Gasteiger charge is 2.36. The van der Waals surface area contributed by atoms with Crippen LogP contribution in [0.1, 0.15) is 44.5 Å². The van der Waals surface area contributed by atoms with E-state index in [1.165, 1.54) is 12.8 Å². The summed E-state index contributed by atoms with van der Waals surface area (Å²) in [6.45, 7) is 3.40. The quantitative estimate of drug-likeness (QED) is 0.848. The first-order valence-corrected chi connectivity index (χ1v) is 8.98. The largest absolute Gasteiger partial charge is 0.368 e. The molecule has 2 aliphatic rings. The summed E-state index contributed by atoms with van der Waals surface area (Å²) in [6, 6.07) is 8.20. The number of aromatic nitrogens is 2. The molecule has 1 amide bonds. The number of rotatable bonds is 5. The van der Waals surface area contributed by atoms with Gasteiger partial charge in [0.1, 0.15) is 11.9 Å². The van der Waals surface area contributed by atoms with Crippen molar-refractivity contribution in [2.75, 3.05) is 13.2 Å². The van der Waals surface area contributed by atoms with E-state index in [0.717, 1.165) is 42.9 Å². The van der Waals surface area contributed by atoms with Crippen LogP contribution in [-0.4, -0.2) is 39.6 Å². The van der Waals surface area contributed by atoms with Crippen LogP contribution in [0.5, 0.6) is 0 Å². The second-order valence-corrected chi connectivity index (χ2v) is 7.13. The van der Waals surface area contributed by atoms with Crippen LogP contribution in [0, 0.1) is 5.92 Å². The number of hydrogen-bond acceptors (Lipinski definition) is 3. The fourth-order valence-electron chi connectivity index (χ4n) is 3.63. The molecule has 5 nitrogen and oxygen atoms in total. The molecule has 1 aromatic heterocycles. The molecule has 128 valence electrons. The standard InChI is InChI=1S/C19H25N3O2/c1-13(24-12-14-9-10-14)19(23)22-11-5-8-17(22)18-20-15-6-3-4-7-16(15)21(18)2/h3-4,6-7,13-14,17H,5,8-12H2,1-2H3. The minimum Gasteiger partial charge on any atom is -0.368 e. The summed E-state index contributed by atoms with van der Waals surface area (Å²) in [5, 5.41) is 0. The first-order chi connectivity index (χ1) is 11.6. The lowest BCUT2D eigenvalue weighted by Crippen LogP contribution is -2.39. The summed E-state index contributed by atoms with van der Waals surface area (Å²) < 4.78 is 7.92. The number of amides is 1. The van der Waals surface area contributed by atoms with E-state index in [1.54, 1.807) is 0 Å². The molecule has 0 spiro atoms. The van der Waals surface area contributed by atoms with E-state index in [4.69, 9.17) is 9.72 Å². The molecule has 1 saturated heterocycles. The Bertz CT molecular complexity index is 750. The molecule has 5 heteroatoms. The Morgan fingerprint density at radius 2 is 2.12 bits per heavy atom. The predicted octanol–water partition coefficient (Wildman–Crippen LogP) is 3.05. The molecule has 0 bridgehead atoms. The van der Waals surface area contributed by atoms with Crippen LogP contribution < -0.4 is 0 Å². The molecule has 2 aromatic rings. The molecular formula is C19H25N3O2. The highest BCUT2D eigenvalue weighted by atomic mass is 16.5. The van der Waals surface area contributed by atoms with E-state index in [1.807, 2.05) is 37.1 Å². The van der Waals surface area contributed by atoms with Gasteiger partial charge in [-0.2, -0.15) is 0 Å². The number of para-hydroxylation sites is 2. The van der Waals surface area contributed by atoms with Crippen molar-refractivity contribution in [3.05, 3.63) is 30.1 Å². The molecule has 2 heterocycles. The molecule has 1 saturated carbocycles. The van der Waals surface area contributed by atoms with Crippen molar-refractivity contribution in [3.63, 3.8) is 0 Å². The Kier molecular flexibility index (Phi) is 4.04. The Hall–Kier alpha value is -1.88. The van der Waals surface area contributed by atoms with Gasteiger partial charge in [0.15, 0.2) is 0 Å². The third-order valence-electron chi connectivity index (χ3n) is 5.28. The van der Waals surface area contributed by atoms with Crippen molar-refractivity contribution in [2.45, 2.75) is 44.8 Å². The molecule has 1 aliphatic heterocycles. The maximum atomic E-state index is 12.9. The highest BCUT2D eigenvalue weighted by Crippen LogP contribution is 2.34. The zero-order valence-corrected chi connectivity index (χ0v) is 14.4. The molecule has 2 unspecified atom stereocenters. The average Bonchev–Trinajstić information content (AvgIpc) is 3.20. The van der Waals surface area contributed by atoms with Crippen molar-refractivity contribution in [2.24, 2.45) is 13.0 Å². The molecule has 1 aromatic carbocycles. The van der Waals surface area contributed by atoms with Gasteiger partial charge in [-0.1, -0.05) is 12.1 Å². The van der Waals surface area contributed by atoms with Gasteiger partial charge in [-0.05, 0) is 50.7 Å². The molecular weight excluding hydrogens is 302 g/mol. The predicted molar refractivity (Wildman–Crippen MR) is 92.5 cm³/mol.